The summed E-state index contributed by atoms with van der Waals surface area (Å²) >= 11 is 5.76. The zero-order valence-electron chi connectivity index (χ0n) is 17.7. The van der Waals surface area contributed by atoms with Gasteiger partial charge in [-0.15, -0.1) is 0 Å². The smallest absolute Gasteiger partial charge is 0.250 e. The molecule has 4 rings (SSSR count). The molecule has 0 saturated carbocycles. The Balaban J connectivity index is 1.71. The van der Waals surface area contributed by atoms with E-state index < -0.39 is 0 Å². The van der Waals surface area contributed by atoms with Gasteiger partial charge in [-0.1, -0.05) is 6.07 Å². The standard InChI is InChI=1S/C23H25N5O2S/c1-15-12-17(7-8-18(15)25-20(29)14-30-3)28-22(16-9-11-27(2)13-16)21(26-23(28)31)19-6-4-5-10-24-19/h4-13,21-22H,14H2,1-3H3,(H,25,29)(H,26,31)/t21-,22+/m0/s1. The third kappa shape index (κ3) is 4.30. The SMILES string of the molecule is COCC(=O)Nc1ccc(N2C(=S)N[C@@H](c3ccccn3)[C@H]2c2ccn(C)c2)cc1C. The number of rotatable bonds is 6. The average molecular weight is 436 g/mol. The number of benzene rings is 1. The predicted octanol–water partition coefficient (Wildman–Crippen LogP) is 3.49. The van der Waals surface area contributed by atoms with Crippen molar-refractivity contribution in [1.29, 1.82) is 0 Å². The highest BCUT2D eigenvalue weighted by Crippen LogP contribution is 2.42. The van der Waals surface area contributed by atoms with E-state index in [0.29, 0.717) is 5.11 Å². The molecular formula is C23H25N5O2S. The second-order valence-corrected chi connectivity index (χ2v) is 7.97. The molecule has 0 spiro atoms. The van der Waals surface area contributed by atoms with Crippen molar-refractivity contribution in [1.82, 2.24) is 14.9 Å². The summed E-state index contributed by atoms with van der Waals surface area (Å²) in [5, 5.41) is 6.97. The molecule has 2 N–H and O–H groups in total. The van der Waals surface area contributed by atoms with E-state index in [1.165, 1.54) is 7.11 Å². The monoisotopic (exact) mass is 435 g/mol. The minimum absolute atomic E-state index is 0.0170. The van der Waals surface area contributed by atoms with Gasteiger partial charge in [0.05, 0.1) is 17.8 Å². The van der Waals surface area contributed by atoms with Gasteiger partial charge in [0.2, 0.25) is 5.91 Å². The Morgan fingerprint density at radius 2 is 2.13 bits per heavy atom. The van der Waals surface area contributed by atoms with Crippen molar-refractivity contribution in [3.63, 3.8) is 0 Å². The maximum absolute atomic E-state index is 11.9. The Kier molecular flexibility index (Phi) is 6.01. The summed E-state index contributed by atoms with van der Waals surface area (Å²) in [5.41, 5.74) is 4.72. The number of thiocarbonyl (C=S) groups is 1. The van der Waals surface area contributed by atoms with Crippen LogP contribution in [0, 0.1) is 6.92 Å². The van der Waals surface area contributed by atoms with Crippen LogP contribution in [0.1, 0.15) is 28.9 Å². The number of aryl methyl sites for hydroxylation is 2. The average Bonchev–Trinajstić information content (AvgIpc) is 3.33. The van der Waals surface area contributed by atoms with Gasteiger partial charge in [0.1, 0.15) is 6.61 Å². The summed E-state index contributed by atoms with van der Waals surface area (Å²) in [6.07, 6.45) is 5.94. The lowest BCUT2D eigenvalue weighted by atomic mass is 9.98. The van der Waals surface area contributed by atoms with Crippen LogP contribution in [0.25, 0.3) is 0 Å². The summed E-state index contributed by atoms with van der Waals surface area (Å²) in [6.45, 7) is 1.98. The van der Waals surface area contributed by atoms with Gasteiger partial charge in [-0.05, 0) is 66.7 Å². The zero-order chi connectivity index (χ0) is 22.0. The Labute approximate surface area is 187 Å². The number of aromatic nitrogens is 2. The summed E-state index contributed by atoms with van der Waals surface area (Å²) in [4.78, 5) is 18.6. The number of nitrogens with zero attached hydrogens (tertiary/aromatic N) is 3. The molecule has 1 amide bonds. The lowest BCUT2D eigenvalue weighted by Crippen LogP contribution is -2.29. The predicted molar refractivity (Wildman–Crippen MR) is 125 cm³/mol. The van der Waals surface area contributed by atoms with Gasteiger partial charge in [0.15, 0.2) is 5.11 Å². The van der Waals surface area contributed by atoms with Crippen LogP contribution in [0.3, 0.4) is 0 Å². The first-order valence-corrected chi connectivity index (χ1v) is 10.4. The lowest BCUT2D eigenvalue weighted by Gasteiger charge is -2.28. The largest absolute Gasteiger partial charge is 0.375 e. The second kappa shape index (κ2) is 8.87. The van der Waals surface area contributed by atoms with E-state index in [-0.39, 0.29) is 24.6 Å². The number of methoxy groups -OCH3 is 1. The quantitative estimate of drug-likeness (QED) is 0.578. The van der Waals surface area contributed by atoms with Crippen molar-refractivity contribution in [2.24, 2.45) is 7.05 Å². The van der Waals surface area contributed by atoms with Crippen LogP contribution in [0.2, 0.25) is 0 Å². The van der Waals surface area contributed by atoms with Gasteiger partial charge < -0.3 is 24.8 Å². The van der Waals surface area contributed by atoms with E-state index in [9.17, 15) is 4.79 Å². The van der Waals surface area contributed by atoms with Crippen molar-refractivity contribution in [2.45, 2.75) is 19.0 Å². The molecule has 2 aromatic heterocycles. The minimum Gasteiger partial charge on any atom is -0.375 e. The number of pyridine rings is 1. The molecule has 1 aliphatic rings. The van der Waals surface area contributed by atoms with Gasteiger partial charge in [-0.3, -0.25) is 9.78 Å². The Morgan fingerprint density at radius 3 is 2.77 bits per heavy atom. The van der Waals surface area contributed by atoms with Crippen LogP contribution in [0.5, 0.6) is 0 Å². The number of anilines is 2. The van der Waals surface area contributed by atoms with E-state index in [4.69, 9.17) is 17.0 Å². The Morgan fingerprint density at radius 1 is 1.29 bits per heavy atom. The molecule has 1 fully saturated rings. The molecule has 1 aliphatic heterocycles. The van der Waals surface area contributed by atoms with Gasteiger partial charge >= 0.3 is 0 Å². The molecule has 3 aromatic rings. The molecule has 0 bridgehead atoms. The number of nitrogens with one attached hydrogen (secondary N) is 2. The molecule has 2 atom stereocenters. The molecule has 0 unspecified atom stereocenters. The molecular weight excluding hydrogens is 410 g/mol. The molecule has 0 radical (unpaired) electrons. The van der Waals surface area contributed by atoms with Crippen LogP contribution >= 0.6 is 12.2 Å². The van der Waals surface area contributed by atoms with Gasteiger partial charge in [0.25, 0.3) is 0 Å². The third-order valence-corrected chi connectivity index (χ3v) is 5.65. The summed E-state index contributed by atoms with van der Waals surface area (Å²) < 4.78 is 6.93. The number of hydrogen-bond acceptors (Lipinski definition) is 4. The molecule has 1 saturated heterocycles. The third-order valence-electron chi connectivity index (χ3n) is 5.33. The molecule has 7 nitrogen and oxygen atoms in total. The van der Waals surface area contributed by atoms with E-state index >= 15 is 0 Å². The van der Waals surface area contributed by atoms with Crippen LogP contribution in [-0.4, -0.2) is 34.3 Å². The molecule has 8 heteroatoms. The van der Waals surface area contributed by atoms with Crippen LogP contribution in [-0.2, 0) is 16.6 Å². The number of carbonyl (C=O) groups is 1. The Bertz CT molecular complexity index is 1100. The summed E-state index contributed by atoms with van der Waals surface area (Å²) in [5.74, 6) is -0.186. The Hall–Kier alpha value is -3.23. The number of hydrogen-bond donors (Lipinski definition) is 2. The van der Waals surface area contributed by atoms with Crippen molar-refractivity contribution < 1.29 is 9.53 Å². The molecule has 0 aliphatic carbocycles. The topological polar surface area (TPSA) is 71.4 Å². The van der Waals surface area contributed by atoms with E-state index in [2.05, 4.69) is 32.8 Å². The van der Waals surface area contributed by atoms with Crippen LogP contribution < -0.4 is 15.5 Å². The number of amides is 1. The van der Waals surface area contributed by atoms with Gasteiger partial charge in [-0.25, -0.2) is 0 Å². The second-order valence-electron chi connectivity index (χ2n) is 7.59. The van der Waals surface area contributed by atoms with Crippen molar-refractivity contribution in [2.75, 3.05) is 23.9 Å². The van der Waals surface area contributed by atoms with E-state index in [1.54, 1.807) is 6.20 Å². The fourth-order valence-corrected chi connectivity index (χ4v) is 4.27. The van der Waals surface area contributed by atoms with E-state index in [0.717, 1.165) is 28.2 Å². The zero-order valence-corrected chi connectivity index (χ0v) is 18.5. The van der Waals surface area contributed by atoms with Crippen molar-refractivity contribution in [3.05, 3.63) is 77.9 Å². The van der Waals surface area contributed by atoms with Crippen molar-refractivity contribution >= 4 is 34.6 Å². The van der Waals surface area contributed by atoms with Crippen LogP contribution in [0.4, 0.5) is 11.4 Å². The van der Waals surface area contributed by atoms with Gasteiger partial charge in [-0.2, -0.15) is 0 Å². The maximum Gasteiger partial charge on any atom is 0.250 e. The highest BCUT2D eigenvalue weighted by atomic mass is 32.1. The molecule has 160 valence electrons. The first kappa shape index (κ1) is 21.0. The normalized spacial score (nSPS) is 18.2. The van der Waals surface area contributed by atoms with E-state index in [1.807, 2.05) is 61.1 Å². The number of carbonyl (C=O) groups excluding carboxylic acids is 1. The molecule has 31 heavy (non-hydrogen) atoms. The fourth-order valence-electron chi connectivity index (χ4n) is 3.93. The summed E-state index contributed by atoms with van der Waals surface area (Å²) in [6, 6.07) is 13.8. The minimum atomic E-state index is -0.186. The fraction of sp³-hybridized carbons (Fsp3) is 0.261. The highest BCUT2D eigenvalue weighted by Gasteiger charge is 2.41. The first-order chi connectivity index (χ1) is 15.0. The molecule has 1 aromatic carbocycles. The van der Waals surface area contributed by atoms with Gasteiger partial charge in [0, 0.05) is 44.1 Å². The first-order valence-electron chi connectivity index (χ1n) is 10.00. The lowest BCUT2D eigenvalue weighted by molar-refractivity contribution is -0.119. The summed E-state index contributed by atoms with van der Waals surface area (Å²) in [7, 11) is 3.50. The maximum atomic E-state index is 11.9. The number of ether oxygens (including phenoxy) is 1. The molecule has 3 heterocycles. The van der Waals surface area contributed by atoms with Crippen molar-refractivity contribution in [3.8, 4) is 0 Å². The van der Waals surface area contributed by atoms with Crippen LogP contribution in [0.15, 0.2) is 61.1 Å². The highest BCUT2D eigenvalue weighted by molar-refractivity contribution is 7.80.